The Bertz CT molecular complexity index is 540. The summed E-state index contributed by atoms with van der Waals surface area (Å²) in [5.41, 5.74) is 0.214. The summed E-state index contributed by atoms with van der Waals surface area (Å²) in [4.78, 5) is 12.4. The van der Waals surface area contributed by atoms with E-state index < -0.39 is 18.2 Å². The van der Waals surface area contributed by atoms with Crippen LogP contribution >= 0.6 is 0 Å². The van der Waals surface area contributed by atoms with Gasteiger partial charge in [-0.05, 0) is 30.7 Å². The SMILES string of the molecule is COCC1(C(=O)NCc2ccc(OCC(F)(F)F)cc2)CCNC1. The van der Waals surface area contributed by atoms with Gasteiger partial charge in [0.1, 0.15) is 5.75 Å². The van der Waals surface area contributed by atoms with Crippen LogP contribution in [0.15, 0.2) is 24.3 Å². The number of nitrogens with one attached hydrogen (secondary N) is 2. The fraction of sp³-hybridized carbons (Fsp3) is 0.562. The topological polar surface area (TPSA) is 59.6 Å². The maximum atomic E-state index is 12.4. The zero-order chi connectivity index (χ0) is 17.6. The van der Waals surface area contributed by atoms with Gasteiger partial charge in [-0.2, -0.15) is 13.2 Å². The van der Waals surface area contributed by atoms with Crippen LogP contribution in [-0.4, -0.2) is 45.5 Å². The molecule has 2 rings (SSSR count). The van der Waals surface area contributed by atoms with Gasteiger partial charge in [0.2, 0.25) is 5.91 Å². The second-order valence-electron chi connectivity index (χ2n) is 5.87. The Hall–Kier alpha value is -1.80. The first-order valence-electron chi connectivity index (χ1n) is 7.61. The van der Waals surface area contributed by atoms with Gasteiger partial charge in [-0.3, -0.25) is 4.79 Å². The number of rotatable bonds is 7. The Morgan fingerprint density at radius 3 is 2.58 bits per heavy atom. The molecule has 1 atom stereocenters. The molecule has 134 valence electrons. The number of halogens is 3. The number of amides is 1. The molecule has 0 aliphatic carbocycles. The first kappa shape index (κ1) is 18.5. The van der Waals surface area contributed by atoms with E-state index in [0.717, 1.165) is 12.1 Å². The molecule has 1 saturated heterocycles. The van der Waals surface area contributed by atoms with Crippen molar-refractivity contribution >= 4 is 5.91 Å². The van der Waals surface area contributed by atoms with Crippen molar-refractivity contribution < 1.29 is 27.4 Å². The minimum Gasteiger partial charge on any atom is -0.484 e. The molecule has 1 amide bonds. The lowest BCUT2D eigenvalue weighted by atomic mass is 9.87. The lowest BCUT2D eigenvalue weighted by molar-refractivity contribution is -0.153. The molecule has 1 heterocycles. The van der Waals surface area contributed by atoms with Crippen LogP contribution in [0.1, 0.15) is 12.0 Å². The normalized spacial score (nSPS) is 20.8. The van der Waals surface area contributed by atoms with E-state index in [4.69, 9.17) is 4.74 Å². The summed E-state index contributed by atoms with van der Waals surface area (Å²) in [6.45, 7) is 0.647. The van der Waals surface area contributed by atoms with Crippen molar-refractivity contribution in [2.24, 2.45) is 5.41 Å². The molecule has 1 aliphatic rings. The van der Waals surface area contributed by atoms with Crippen molar-refractivity contribution in [3.05, 3.63) is 29.8 Å². The van der Waals surface area contributed by atoms with Gasteiger partial charge in [-0.15, -0.1) is 0 Å². The van der Waals surface area contributed by atoms with Crippen molar-refractivity contribution in [1.82, 2.24) is 10.6 Å². The van der Waals surface area contributed by atoms with Gasteiger partial charge >= 0.3 is 6.18 Å². The lowest BCUT2D eigenvalue weighted by Crippen LogP contribution is -2.45. The summed E-state index contributed by atoms with van der Waals surface area (Å²) in [5, 5.41) is 6.02. The number of alkyl halides is 3. The van der Waals surface area contributed by atoms with E-state index in [9.17, 15) is 18.0 Å². The molecule has 1 unspecified atom stereocenters. The van der Waals surface area contributed by atoms with Crippen LogP contribution in [0, 0.1) is 5.41 Å². The van der Waals surface area contributed by atoms with Crippen LogP contribution in [-0.2, 0) is 16.1 Å². The van der Waals surface area contributed by atoms with Crippen LogP contribution in [0.5, 0.6) is 5.75 Å². The van der Waals surface area contributed by atoms with Gasteiger partial charge in [0.15, 0.2) is 6.61 Å². The number of ether oxygens (including phenoxy) is 2. The fourth-order valence-corrected chi connectivity index (χ4v) is 2.64. The van der Waals surface area contributed by atoms with Gasteiger partial charge in [-0.1, -0.05) is 12.1 Å². The minimum absolute atomic E-state index is 0.0910. The van der Waals surface area contributed by atoms with Crippen LogP contribution in [0.4, 0.5) is 13.2 Å². The van der Waals surface area contributed by atoms with Crippen molar-refractivity contribution in [3.8, 4) is 5.75 Å². The number of carbonyl (C=O) groups excluding carboxylic acids is 1. The van der Waals surface area contributed by atoms with E-state index in [1.807, 2.05) is 0 Å². The molecular formula is C16H21F3N2O3. The van der Waals surface area contributed by atoms with Crippen molar-refractivity contribution in [2.75, 3.05) is 33.4 Å². The number of carbonyl (C=O) groups is 1. The molecule has 0 bridgehead atoms. The number of benzene rings is 1. The molecule has 1 fully saturated rings. The molecule has 0 saturated carbocycles. The third-order valence-electron chi connectivity index (χ3n) is 3.92. The zero-order valence-corrected chi connectivity index (χ0v) is 13.4. The summed E-state index contributed by atoms with van der Waals surface area (Å²) in [6, 6.07) is 6.16. The van der Waals surface area contributed by atoms with Crippen molar-refractivity contribution in [1.29, 1.82) is 0 Å². The molecule has 24 heavy (non-hydrogen) atoms. The Kier molecular flexibility index (Phi) is 6.06. The summed E-state index contributed by atoms with van der Waals surface area (Å²) in [5.74, 6) is 0.0463. The largest absolute Gasteiger partial charge is 0.484 e. The molecule has 2 N–H and O–H groups in total. The minimum atomic E-state index is -4.36. The van der Waals surface area contributed by atoms with E-state index in [0.29, 0.717) is 26.1 Å². The Balaban J connectivity index is 1.86. The highest BCUT2D eigenvalue weighted by Gasteiger charge is 2.41. The first-order chi connectivity index (χ1) is 11.3. The van der Waals surface area contributed by atoms with Crippen LogP contribution < -0.4 is 15.4 Å². The van der Waals surface area contributed by atoms with Gasteiger partial charge in [0.25, 0.3) is 0 Å². The maximum Gasteiger partial charge on any atom is 0.422 e. The highest BCUT2D eigenvalue weighted by atomic mass is 19.4. The smallest absolute Gasteiger partial charge is 0.422 e. The van der Waals surface area contributed by atoms with E-state index >= 15 is 0 Å². The second-order valence-corrected chi connectivity index (χ2v) is 5.87. The predicted molar refractivity (Wildman–Crippen MR) is 81.6 cm³/mol. The van der Waals surface area contributed by atoms with Gasteiger partial charge in [0.05, 0.1) is 12.0 Å². The number of hydrogen-bond donors (Lipinski definition) is 2. The number of methoxy groups -OCH3 is 1. The van der Waals surface area contributed by atoms with Gasteiger partial charge in [0, 0.05) is 20.2 Å². The highest BCUT2D eigenvalue weighted by Crippen LogP contribution is 2.26. The van der Waals surface area contributed by atoms with E-state index in [-0.39, 0.29) is 11.7 Å². The van der Waals surface area contributed by atoms with Crippen LogP contribution in [0.3, 0.4) is 0 Å². The molecule has 0 aromatic heterocycles. The Labute approximate surface area is 138 Å². The lowest BCUT2D eigenvalue weighted by Gasteiger charge is -2.26. The maximum absolute atomic E-state index is 12.4. The average molecular weight is 346 g/mol. The summed E-state index contributed by atoms with van der Waals surface area (Å²) >= 11 is 0. The molecule has 1 aromatic rings. The Morgan fingerprint density at radius 2 is 2.04 bits per heavy atom. The molecule has 0 spiro atoms. The molecular weight excluding hydrogens is 325 g/mol. The third-order valence-corrected chi connectivity index (χ3v) is 3.92. The zero-order valence-electron chi connectivity index (χ0n) is 13.4. The average Bonchev–Trinajstić information content (AvgIpc) is 3.01. The quantitative estimate of drug-likeness (QED) is 0.791. The summed E-state index contributed by atoms with van der Waals surface area (Å²) in [7, 11) is 1.56. The van der Waals surface area contributed by atoms with E-state index in [1.165, 1.54) is 12.1 Å². The van der Waals surface area contributed by atoms with E-state index in [1.54, 1.807) is 19.2 Å². The van der Waals surface area contributed by atoms with Crippen LogP contribution in [0.2, 0.25) is 0 Å². The predicted octanol–water partition coefficient (Wildman–Crippen LogP) is 1.87. The van der Waals surface area contributed by atoms with Gasteiger partial charge in [-0.25, -0.2) is 0 Å². The third kappa shape index (κ3) is 5.10. The van der Waals surface area contributed by atoms with Gasteiger partial charge < -0.3 is 20.1 Å². The first-order valence-corrected chi connectivity index (χ1v) is 7.61. The summed E-state index contributed by atoms with van der Waals surface area (Å²) < 4.78 is 46.1. The molecule has 8 heteroatoms. The van der Waals surface area contributed by atoms with Crippen molar-refractivity contribution in [3.63, 3.8) is 0 Å². The molecule has 5 nitrogen and oxygen atoms in total. The standard InChI is InChI=1S/C16H21F3N2O3/c1-23-10-15(6-7-20-9-15)14(22)21-8-12-2-4-13(5-3-12)24-11-16(17,18)19/h2-5,20H,6-11H2,1H3,(H,21,22). The highest BCUT2D eigenvalue weighted by molar-refractivity contribution is 5.83. The Morgan fingerprint density at radius 1 is 1.33 bits per heavy atom. The molecule has 1 aromatic carbocycles. The number of hydrogen-bond acceptors (Lipinski definition) is 4. The van der Waals surface area contributed by atoms with E-state index in [2.05, 4.69) is 15.4 Å². The monoisotopic (exact) mass is 346 g/mol. The van der Waals surface area contributed by atoms with Crippen LogP contribution in [0.25, 0.3) is 0 Å². The second kappa shape index (κ2) is 7.85. The van der Waals surface area contributed by atoms with Crippen molar-refractivity contribution in [2.45, 2.75) is 19.1 Å². The fourth-order valence-electron chi connectivity index (χ4n) is 2.64. The molecule has 1 aliphatic heterocycles. The molecule has 0 radical (unpaired) electrons. The summed E-state index contributed by atoms with van der Waals surface area (Å²) in [6.07, 6.45) is -3.66.